The molecule has 0 aliphatic heterocycles. The Morgan fingerprint density at radius 3 is 2.42 bits per heavy atom. The normalized spacial score (nSPS) is 12.4. The van der Waals surface area contributed by atoms with E-state index in [9.17, 15) is 4.79 Å². The van der Waals surface area contributed by atoms with Crippen molar-refractivity contribution in [2.45, 2.75) is 19.5 Å². The van der Waals surface area contributed by atoms with E-state index in [1.165, 1.54) is 6.08 Å². The molecule has 31 heavy (non-hydrogen) atoms. The van der Waals surface area contributed by atoms with Gasteiger partial charge in [0.1, 0.15) is 5.82 Å². The molecule has 1 amide bonds. The summed E-state index contributed by atoms with van der Waals surface area (Å²) in [5.41, 5.74) is 3.58. The van der Waals surface area contributed by atoms with Crippen molar-refractivity contribution in [3.63, 3.8) is 0 Å². The molecule has 1 aromatic heterocycles. The topological polar surface area (TPSA) is 46.9 Å². The van der Waals surface area contributed by atoms with E-state index in [0.29, 0.717) is 16.6 Å². The van der Waals surface area contributed by atoms with Crippen molar-refractivity contribution in [1.82, 2.24) is 14.9 Å². The van der Waals surface area contributed by atoms with Gasteiger partial charge in [0, 0.05) is 21.7 Å². The molecule has 0 spiro atoms. The summed E-state index contributed by atoms with van der Waals surface area (Å²) < 4.78 is 2.05. The van der Waals surface area contributed by atoms with Gasteiger partial charge in [-0.1, -0.05) is 71.7 Å². The lowest BCUT2D eigenvalue weighted by Gasteiger charge is -2.17. The molecular formula is C25H21Cl2N3O. The highest BCUT2D eigenvalue weighted by Gasteiger charge is 2.19. The Hall–Kier alpha value is -3.08. The molecule has 1 heterocycles. The number of fused-ring (bicyclic) bond motifs is 1. The number of nitrogens with one attached hydrogen (secondary N) is 1. The van der Waals surface area contributed by atoms with Crippen LogP contribution < -0.4 is 5.32 Å². The van der Waals surface area contributed by atoms with Gasteiger partial charge >= 0.3 is 0 Å². The zero-order valence-corrected chi connectivity index (χ0v) is 18.4. The molecule has 0 saturated heterocycles. The molecule has 4 rings (SSSR count). The minimum atomic E-state index is -0.318. The predicted molar refractivity (Wildman–Crippen MR) is 127 cm³/mol. The molecule has 1 N–H and O–H groups in total. The van der Waals surface area contributed by atoms with E-state index in [2.05, 4.69) is 5.32 Å². The molecule has 0 saturated carbocycles. The van der Waals surface area contributed by atoms with Crippen LogP contribution in [-0.4, -0.2) is 15.5 Å². The lowest BCUT2D eigenvalue weighted by molar-refractivity contribution is -0.117. The van der Waals surface area contributed by atoms with Crippen LogP contribution in [-0.2, 0) is 11.3 Å². The highest BCUT2D eigenvalue weighted by atomic mass is 35.5. The summed E-state index contributed by atoms with van der Waals surface area (Å²) in [4.78, 5) is 17.3. The number of para-hydroxylation sites is 2. The van der Waals surface area contributed by atoms with Crippen LogP contribution in [0.15, 0.2) is 78.9 Å². The zero-order chi connectivity index (χ0) is 21.8. The number of benzene rings is 3. The smallest absolute Gasteiger partial charge is 0.244 e. The van der Waals surface area contributed by atoms with Gasteiger partial charge < -0.3 is 9.88 Å². The van der Waals surface area contributed by atoms with Crippen LogP contribution in [0.5, 0.6) is 0 Å². The summed E-state index contributed by atoms with van der Waals surface area (Å²) in [7, 11) is 0. The highest BCUT2D eigenvalue weighted by Crippen LogP contribution is 2.29. The summed E-state index contributed by atoms with van der Waals surface area (Å²) in [5.74, 6) is 0.546. The van der Waals surface area contributed by atoms with Crippen LogP contribution in [0, 0.1) is 0 Å². The van der Waals surface area contributed by atoms with Crippen LogP contribution in [0.4, 0.5) is 0 Å². The second-order valence-corrected chi connectivity index (χ2v) is 8.03. The Labute approximate surface area is 191 Å². The summed E-state index contributed by atoms with van der Waals surface area (Å²) in [6, 6.07) is 22.7. The predicted octanol–water partition coefficient (Wildman–Crippen LogP) is 6.28. The summed E-state index contributed by atoms with van der Waals surface area (Å²) in [5, 5.41) is 4.20. The van der Waals surface area contributed by atoms with Gasteiger partial charge in [0.15, 0.2) is 0 Å². The molecule has 0 radical (unpaired) electrons. The van der Waals surface area contributed by atoms with Gasteiger partial charge in [-0.15, -0.1) is 0 Å². The highest BCUT2D eigenvalue weighted by molar-refractivity contribution is 6.36. The van der Waals surface area contributed by atoms with Crippen LogP contribution in [0.25, 0.3) is 17.1 Å². The maximum absolute atomic E-state index is 12.5. The molecule has 0 aliphatic carbocycles. The Bertz CT molecular complexity index is 1230. The Kier molecular flexibility index (Phi) is 6.40. The van der Waals surface area contributed by atoms with Crippen LogP contribution >= 0.6 is 23.2 Å². The van der Waals surface area contributed by atoms with Gasteiger partial charge in [0.2, 0.25) is 5.91 Å². The van der Waals surface area contributed by atoms with E-state index in [1.54, 1.807) is 6.08 Å². The quantitative estimate of drug-likeness (QED) is 0.352. The van der Waals surface area contributed by atoms with Crippen LogP contribution in [0.3, 0.4) is 0 Å². The van der Waals surface area contributed by atoms with E-state index >= 15 is 0 Å². The van der Waals surface area contributed by atoms with E-state index in [-0.39, 0.29) is 11.9 Å². The van der Waals surface area contributed by atoms with Gasteiger partial charge in [0.05, 0.1) is 23.6 Å². The maximum atomic E-state index is 12.5. The fourth-order valence-corrected chi connectivity index (χ4v) is 4.01. The van der Waals surface area contributed by atoms with Crippen molar-refractivity contribution in [3.05, 3.63) is 106 Å². The third-order valence-corrected chi connectivity index (χ3v) is 5.74. The largest absolute Gasteiger partial charge is 0.343 e. The summed E-state index contributed by atoms with van der Waals surface area (Å²) >= 11 is 12.8. The monoisotopic (exact) mass is 449 g/mol. The summed E-state index contributed by atoms with van der Waals surface area (Å²) in [6.45, 7) is 2.37. The van der Waals surface area contributed by atoms with Gasteiger partial charge in [-0.3, -0.25) is 4.79 Å². The number of nitrogens with zero attached hydrogens (tertiary/aromatic N) is 2. The first kappa shape index (κ1) is 21.2. The van der Waals surface area contributed by atoms with Gasteiger partial charge in [0.25, 0.3) is 0 Å². The zero-order valence-electron chi connectivity index (χ0n) is 16.9. The van der Waals surface area contributed by atoms with Gasteiger partial charge in [-0.25, -0.2) is 4.98 Å². The molecule has 6 heteroatoms. The minimum Gasteiger partial charge on any atom is -0.343 e. The van der Waals surface area contributed by atoms with Crippen molar-refractivity contribution in [2.24, 2.45) is 0 Å². The Morgan fingerprint density at radius 1 is 1.00 bits per heavy atom. The number of hydrogen-bond donors (Lipinski definition) is 1. The molecule has 4 nitrogen and oxygen atoms in total. The lowest BCUT2D eigenvalue weighted by atomic mass is 10.2. The first-order chi connectivity index (χ1) is 15.0. The maximum Gasteiger partial charge on any atom is 0.244 e. The number of amides is 1. The van der Waals surface area contributed by atoms with Crippen molar-refractivity contribution >= 4 is 46.2 Å². The Morgan fingerprint density at radius 2 is 1.68 bits per heavy atom. The first-order valence-corrected chi connectivity index (χ1v) is 10.7. The van der Waals surface area contributed by atoms with Crippen molar-refractivity contribution in [3.8, 4) is 0 Å². The average molecular weight is 450 g/mol. The molecule has 3 aromatic carbocycles. The van der Waals surface area contributed by atoms with Crippen LogP contribution in [0.2, 0.25) is 10.0 Å². The first-order valence-electron chi connectivity index (χ1n) is 9.94. The molecule has 0 fully saturated rings. The van der Waals surface area contributed by atoms with Crippen molar-refractivity contribution in [1.29, 1.82) is 0 Å². The molecule has 1 unspecified atom stereocenters. The number of rotatable bonds is 6. The molecule has 0 aliphatic rings. The fourth-order valence-electron chi connectivity index (χ4n) is 3.49. The second kappa shape index (κ2) is 9.38. The molecule has 4 aromatic rings. The molecule has 156 valence electrons. The minimum absolute atomic E-state index is 0.189. The van der Waals surface area contributed by atoms with Crippen molar-refractivity contribution < 1.29 is 4.79 Å². The van der Waals surface area contributed by atoms with Crippen molar-refractivity contribution in [2.75, 3.05) is 0 Å². The average Bonchev–Trinajstić information content (AvgIpc) is 3.14. The fraction of sp³-hybridized carbons (Fsp3) is 0.120. The van der Waals surface area contributed by atoms with E-state index in [4.69, 9.17) is 28.2 Å². The number of aromatic nitrogens is 2. The van der Waals surface area contributed by atoms with Gasteiger partial charge in [-0.05, 0) is 42.8 Å². The third kappa shape index (κ3) is 4.82. The molecule has 0 bridgehead atoms. The SMILES string of the molecule is CC(NC(=O)C=Cc1ccccc1)c1nc2ccccc2n1Cc1c(Cl)cccc1Cl. The van der Waals surface area contributed by atoms with E-state index in [0.717, 1.165) is 28.0 Å². The van der Waals surface area contributed by atoms with E-state index < -0.39 is 0 Å². The Balaban J connectivity index is 1.63. The molecule has 1 atom stereocenters. The summed E-state index contributed by atoms with van der Waals surface area (Å²) in [6.07, 6.45) is 3.32. The van der Waals surface area contributed by atoms with E-state index in [1.807, 2.05) is 84.3 Å². The van der Waals surface area contributed by atoms with Crippen LogP contribution in [0.1, 0.15) is 29.9 Å². The number of imidazole rings is 1. The standard InChI is InChI=1S/C25H21Cl2N3O/c1-17(28-24(31)15-14-18-8-3-2-4-9-18)25-29-22-12-5-6-13-23(22)30(25)16-19-20(26)10-7-11-21(19)27/h2-15,17H,16H2,1H3,(H,28,31). The number of carbonyl (C=O) groups excluding carboxylic acids is 1. The van der Waals surface area contributed by atoms with Gasteiger partial charge in [-0.2, -0.15) is 0 Å². The number of halogens is 2. The second-order valence-electron chi connectivity index (χ2n) is 7.22. The number of carbonyl (C=O) groups is 1. The lowest BCUT2D eigenvalue weighted by Crippen LogP contribution is -2.27. The number of hydrogen-bond acceptors (Lipinski definition) is 2. The molecular weight excluding hydrogens is 429 g/mol. The third-order valence-electron chi connectivity index (χ3n) is 5.03.